The molecule has 1 aliphatic rings. The molecule has 1 aliphatic carbocycles. The third-order valence-electron chi connectivity index (χ3n) is 2.82. The van der Waals surface area contributed by atoms with Crippen molar-refractivity contribution in [1.29, 1.82) is 0 Å². The largest absolute Gasteiger partial charge is 0.481 e. The first-order valence-electron chi connectivity index (χ1n) is 5.18. The van der Waals surface area contributed by atoms with Crippen LogP contribution >= 0.6 is 0 Å². The van der Waals surface area contributed by atoms with Crippen molar-refractivity contribution in [3.63, 3.8) is 0 Å². The molecule has 0 radical (unpaired) electrons. The van der Waals surface area contributed by atoms with E-state index in [0.29, 0.717) is 19.3 Å². The van der Waals surface area contributed by atoms with E-state index in [1.807, 2.05) is 0 Å². The summed E-state index contributed by atoms with van der Waals surface area (Å²) >= 11 is 0. The third-order valence-corrected chi connectivity index (χ3v) is 2.82. The molecule has 0 aromatic heterocycles. The van der Waals surface area contributed by atoms with Gasteiger partial charge in [-0.15, -0.1) is 0 Å². The molecule has 1 rings (SSSR count). The Morgan fingerprint density at radius 3 is 2.47 bits per heavy atom. The number of hydrogen-bond acceptors (Lipinski definition) is 3. The van der Waals surface area contributed by atoms with E-state index in [1.54, 1.807) is 6.92 Å². The van der Waals surface area contributed by atoms with Crippen molar-refractivity contribution in [2.75, 3.05) is 6.61 Å². The number of carboxylic acids is 1. The van der Waals surface area contributed by atoms with Crippen LogP contribution in [0.15, 0.2) is 0 Å². The highest BCUT2D eigenvalue weighted by Crippen LogP contribution is 2.31. The first-order chi connectivity index (χ1) is 7.04. The van der Waals surface area contributed by atoms with Crippen molar-refractivity contribution in [3.05, 3.63) is 0 Å². The van der Waals surface area contributed by atoms with E-state index in [9.17, 15) is 9.59 Å². The van der Waals surface area contributed by atoms with Gasteiger partial charge in [0.1, 0.15) is 0 Å². The zero-order valence-electron chi connectivity index (χ0n) is 8.77. The Hall–Kier alpha value is -1.10. The highest BCUT2D eigenvalue weighted by Gasteiger charge is 2.33. The molecule has 0 aliphatic heterocycles. The normalized spacial score (nSPS) is 27.3. The Balaban J connectivity index is 2.40. The minimum atomic E-state index is -0.819. The van der Waals surface area contributed by atoms with Crippen LogP contribution in [0, 0.1) is 11.8 Å². The summed E-state index contributed by atoms with van der Waals surface area (Å²) in [6.07, 6.45) is 1.61. The van der Waals surface area contributed by atoms with Crippen molar-refractivity contribution in [2.45, 2.75) is 32.2 Å². The maximum atomic E-state index is 11.6. The van der Waals surface area contributed by atoms with E-state index in [1.165, 1.54) is 0 Å². The quantitative estimate of drug-likeness (QED) is 0.615. The lowest BCUT2D eigenvalue weighted by atomic mass is 10.0. The van der Waals surface area contributed by atoms with Gasteiger partial charge in [0.15, 0.2) is 0 Å². The summed E-state index contributed by atoms with van der Waals surface area (Å²) in [7, 11) is 0. The van der Waals surface area contributed by atoms with Crippen molar-refractivity contribution in [2.24, 2.45) is 11.8 Å². The van der Waals surface area contributed by atoms with E-state index >= 15 is 0 Å². The molecule has 15 heavy (non-hydrogen) atoms. The summed E-state index contributed by atoms with van der Waals surface area (Å²) in [5.41, 5.74) is 0. The molecule has 3 N–H and O–H groups in total. The lowest BCUT2D eigenvalue weighted by Crippen LogP contribution is -2.38. The van der Waals surface area contributed by atoms with E-state index in [4.69, 9.17) is 10.2 Å². The molecule has 0 aromatic carbocycles. The number of aliphatic carboxylic acids is 1. The van der Waals surface area contributed by atoms with E-state index in [2.05, 4.69) is 5.32 Å². The Labute approximate surface area is 88.5 Å². The number of nitrogens with one attached hydrogen (secondary N) is 1. The van der Waals surface area contributed by atoms with Crippen LogP contribution in [0.4, 0.5) is 0 Å². The monoisotopic (exact) mass is 215 g/mol. The zero-order chi connectivity index (χ0) is 11.4. The summed E-state index contributed by atoms with van der Waals surface area (Å²) in [5, 5.41) is 20.2. The molecular formula is C10H17NO4. The van der Waals surface area contributed by atoms with Crippen molar-refractivity contribution < 1.29 is 19.8 Å². The Morgan fingerprint density at radius 1 is 1.40 bits per heavy atom. The SMILES string of the molecule is C[C@@H](CO)NC(=O)C1CCC(C(=O)O)C1. The lowest BCUT2D eigenvalue weighted by Gasteiger charge is -2.14. The second kappa shape index (κ2) is 5.11. The lowest BCUT2D eigenvalue weighted by molar-refractivity contribution is -0.141. The molecule has 0 aromatic rings. The molecule has 0 spiro atoms. The van der Waals surface area contributed by atoms with Crippen LogP contribution in [0.5, 0.6) is 0 Å². The summed E-state index contributed by atoms with van der Waals surface area (Å²) in [4.78, 5) is 22.2. The van der Waals surface area contributed by atoms with Gasteiger partial charge in [-0.25, -0.2) is 0 Å². The van der Waals surface area contributed by atoms with Gasteiger partial charge in [0.25, 0.3) is 0 Å². The first kappa shape index (κ1) is 12.0. The van der Waals surface area contributed by atoms with Gasteiger partial charge in [-0.2, -0.15) is 0 Å². The highest BCUT2D eigenvalue weighted by molar-refractivity contribution is 5.81. The zero-order valence-corrected chi connectivity index (χ0v) is 8.77. The van der Waals surface area contributed by atoms with Gasteiger partial charge in [0.05, 0.1) is 12.5 Å². The third kappa shape index (κ3) is 3.20. The number of carboxylic acid groups (broad SMARTS) is 1. The van der Waals surface area contributed by atoms with Gasteiger partial charge < -0.3 is 15.5 Å². The summed E-state index contributed by atoms with van der Waals surface area (Å²) in [6, 6.07) is -0.263. The van der Waals surface area contributed by atoms with Crippen LogP contribution in [0.2, 0.25) is 0 Å². The summed E-state index contributed by atoms with van der Waals surface area (Å²) < 4.78 is 0. The van der Waals surface area contributed by atoms with Crippen LogP contribution < -0.4 is 5.32 Å². The van der Waals surface area contributed by atoms with Crippen LogP contribution in [-0.4, -0.2) is 34.7 Å². The predicted octanol–water partition coefficient (Wildman–Crippen LogP) is -0.0157. The van der Waals surface area contributed by atoms with Gasteiger partial charge >= 0.3 is 5.97 Å². The molecule has 3 atom stereocenters. The smallest absolute Gasteiger partial charge is 0.306 e. The first-order valence-corrected chi connectivity index (χ1v) is 5.18. The molecule has 86 valence electrons. The molecular weight excluding hydrogens is 198 g/mol. The number of hydrogen-bond donors (Lipinski definition) is 3. The van der Waals surface area contributed by atoms with Gasteiger partial charge in [-0.05, 0) is 26.2 Å². The molecule has 0 saturated heterocycles. The molecule has 2 unspecified atom stereocenters. The van der Waals surface area contributed by atoms with Gasteiger partial charge in [-0.3, -0.25) is 9.59 Å². The molecule has 5 nitrogen and oxygen atoms in total. The second-order valence-electron chi connectivity index (χ2n) is 4.14. The Morgan fingerprint density at radius 2 is 2.00 bits per heavy atom. The molecule has 1 saturated carbocycles. The average Bonchev–Trinajstić information content (AvgIpc) is 2.66. The predicted molar refractivity (Wildman–Crippen MR) is 53.2 cm³/mol. The fourth-order valence-electron chi connectivity index (χ4n) is 1.85. The van der Waals surface area contributed by atoms with Gasteiger partial charge in [0, 0.05) is 12.0 Å². The average molecular weight is 215 g/mol. The van der Waals surface area contributed by atoms with Crippen LogP contribution in [0.25, 0.3) is 0 Å². The number of aliphatic hydroxyl groups excluding tert-OH is 1. The Bertz CT molecular complexity index is 254. The fraction of sp³-hybridized carbons (Fsp3) is 0.800. The topological polar surface area (TPSA) is 86.6 Å². The molecule has 0 bridgehead atoms. The Kier molecular flexibility index (Phi) is 4.08. The molecule has 5 heteroatoms. The number of rotatable bonds is 4. The molecule has 0 heterocycles. The second-order valence-corrected chi connectivity index (χ2v) is 4.14. The van der Waals surface area contributed by atoms with Crippen LogP contribution in [0.3, 0.4) is 0 Å². The van der Waals surface area contributed by atoms with Crippen LogP contribution in [-0.2, 0) is 9.59 Å². The maximum absolute atomic E-state index is 11.6. The summed E-state index contributed by atoms with van der Waals surface area (Å²) in [5.74, 6) is -1.55. The van der Waals surface area contributed by atoms with Crippen LogP contribution in [0.1, 0.15) is 26.2 Å². The molecule has 1 amide bonds. The maximum Gasteiger partial charge on any atom is 0.306 e. The fourth-order valence-corrected chi connectivity index (χ4v) is 1.85. The minimum Gasteiger partial charge on any atom is -0.481 e. The standard InChI is InChI=1S/C10H17NO4/c1-6(5-12)11-9(13)7-2-3-8(4-7)10(14)15/h6-8,12H,2-5H2,1H3,(H,11,13)(H,14,15)/t6-,7?,8?/m0/s1. The van der Waals surface area contributed by atoms with Crippen molar-refractivity contribution >= 4 is 11.9 Å². The summed E-state index contributed by atoms with van der Waals surface area (Å²) in [6.45, 7) is 1.61. The number of carbonyl (C=O) groups excluding carboxylic acids is 1. The highest BCUT2D eigenvalue weighted by atomic mass is 16.4. The van der Waals surface area contributed by atoms with E-state index < -0.39 is 5.97 Å². The van der Waals surface area contributed by atoms with Crippen molar-refractivity contribution in [3.8, 4) is 0 Å². The number of aliphatic hydroxyl groups is 1. The van der Waals surface area contributed by atoms with Gasteiger partial charge in [-0.1, -0.05) is 0 Å². The number of amides is 1. The van der Waals surface area contributed by atoms with E-state index in [-0.39, 0.29) is 30.4 Å². The number of carbonyl (C=O) groups is 2. The molecule has 1 fully saturated rings. The van der Waals surface area contributed by atoms with Gasteiger partial charge in [0.2, 0.25) is 5.91 Å². The van der Waals surface area contributed by atoms with Crippen molar-refractivity contribution in [1.82, 2.24) is 5.32 Å². The van der Waals surface area contributed by atoms with E-state index in [0.717, 1.165) is 0 Å². The minimum absolute atomic E-state index is 0.0964.